The van der Waals surface area contributed by atoms with Gasteiger partial charge in [0.05, 0.1) is 10.7 Å². The minimum Gasteiger partial charge on any atom is -0.385 e. The fourth-order valence-corrected chi connectivity index (χ4v) is 2.31. The number of benzene rings is 2. The van der Waals surface area contributed by atoms with Crippen LogP contribution in [-0.2, 0) is 4.79 Å². The molecule has 0 fully saturated rings. The zero-order valence-electron chi connectivity index (χ0n) is 12.5. The Hall–Kier alpha value is -1.71. The molecule has 116 valence electrons. The van der Waals surface area contributed by atoms with Crippen LogP contribution in [0.3, 0.4) is 0 Å². The minimum absolute atomic E-state index is 0.111. The van der Waals surface area contributed by atoms with Gasteiger partial charge >= 0.3 is 0 Å². The highest BCUT2D eigenvalue weighted by molar-refractivity contribution is 6.35. The largest absolute Gasteiger partial charge is 0.385 e. The molecule has 0 saturated heterocycles. The maximum Gasteiger partial charge on any atom is 0.226 e. The first kappa shape index (κ1) is 16.7. The summed E-state index contributed by atoms with van der Waals surface area (Å²) in [4.78, 5) is 11.9. The molecule has 1 amide bonds. The van der Waals surface area contributed by atoms with Crippen molar-refractivity contribution < 1.29 is 4.79 Å². The monoisotopic (exact) mass is 336 g/mol. The van der Waals surface area contributed by atoms with E-state index in [1.165, 1.54) is 11.1 Å². The number of rotatable bonds is 5. The first-order valence-electron chi connectivity index (χ1n) is 7.02. The Morgan fingerprint density at radius 3 is 2.55 bits per heavy atom. The molecule has 3 nitrogen and oxygen atoms in total. The van der Waals surface area contributed by atoms with Crippen molar-refractivity contribution in [2.24, 2.45) is 0 Å². The Morgan fingerprint density at radius 2 is 1.82 bits per heavy atom. The Bertz CT molecular complexity index is 686. The highest BCUT2D eigenvalue weighted by Crippen LogP contribution is 2.25. The lowest BCUT2D eigenvalue weighted by molar-refractivity contribution is -0.115. The smallest absolute Gasteiger partial charge is 0.226 e. The summed E-state index contributed by atoms with van der Waals surface area (Å²) in [5, 5.41) is 7.01. The average Bonchev–Trinajstić information content (AvgIpc) is 2.47. The number of hydrogen-bond donors (Lipinski definition) is 2. The van der Waals surface area contributed by atoms with Gasteiger partial charge in [-0.2, -0.15) is 0 Å². The van der Waals surface area contributed by atoms with E-state index in [-0.39, 0.29) is 5.91 Å². The quantitative estimate of drug-likeness (QED) is 0.801. The first-order chi connectivity index (χ1) is 10.5. The van der Waals surface area contributed by atoms with Gasteiger partial charge in [0.25, 0.3) is 0 Å². The second-order valence-corrected chi connectivity index (χ2v) is 5.99. The van der Waals surface area contributed by atoms with Crippen molar-refractivity contribution in [2.45, 2.75) is 20.3 Å². The number of carbonyl (C=O) groups excluding carboxylic acids is 1. The zero-order valence-corrected chi connectivity index (χ0v) is 14.1. The molecule has 0 unspecified atom stereocenters. The predicted octanol–water partition coefficient (Wildman–Crippen LogP) is 5.05. The molecule has 2 aromatic carbocycles. The molecular weight excluding hydrogens is 319 g/mol. The normalized spacial score (nSPS) is 10.4. The Morgan fingerprint density at radius 1 is 1.05 bits per heavy atom. The topological polar surface area (TPSA) is 41.1 Å². The summed E-state index contributed by atoms with van der Waals surface area (Å²) in [6.45, 7) is 4.68. The molecule has 22 heavy (non-hydrogen) atoms. The van der Waals surface area contributed by atoms with Crippen molar-refractivity contribution in [2.75, 3.05) is 17.2 Å². The summed E-state index contributed by atoms with van der Waals surface area (Å²) in [7, 11) is 0. The molecule has 2 aromatic rings. The maximum absolute atomic E-state index is 11.9. The first-order valence-corrected chi connectivity index (χ1v) is 7.77. The van der Waals surface area contributed by atoms with Gasteiger partial charge in [0.1, 0.15) is 0 Å². The fraction of sp³-hybridized carbons (Fsp3) is 0.235. The summed E-state index contributed by atoms with van der Waals surface area (Å²) >= 11 is 11.9. The highest BCUT2D eigenvalue weighted by Gasteiger charge is 2.06. The second kappa shape index (κ2) is 7.52. The van der Waals surface area contributed by atoms with Crippen LogP contribution in [0.25, 0.3) is 0 Å². The molecule has 0 aromatic heterocycles. The summed E-state index contributed by atoms with van der Waals surface area (Å²) in [6, 6.07) is 11.1. The number of anilines is 2. The second-order valence-electron chi connectivity index (χ2n) is 5.15. The van der Waals surface area contributed by atoms with Gasteiger partial charge in [-0.3, -0.25) is 4.79 Å². The van der Waals surface area contributed by atoms with Gasteiger partial charge in [0.2, 0.25) is 5.91 Å². The Kier molecular flexibility index (Phi) is 5.69. The molecule has 0 radical (unpaired) electrons. The molecular formula is C17H18Cl2N2O. The number of halogens is 2. The van der Waals surface area contributed by atoms with E-state index < -0.39 is 0 Å². The van der Waals surface area contributed by atoms with Crippen LogP contribution in [0, 0.1) is 13.8 Å². The van der Waals surface area contributed by atoms with Gasteiger partial charge in [0.15, 0.2) is 0 Å². The van der Waals surface area contributed by atoms with Gasteiger partial charge in [0, 0.05) is 23.7 Å². The molecule has 2 N–H and O–H groups in total. The van der Waals surface area contributed by atoms with E-state index in [1.807, 2.05) is 6.07 Å². The fourth-order valence-electron chi connectivity index (χ4n) is 1.98. The van der Waals surface area contributed by atoms with Crippen molar-refractivity contribution in [3.05, 3.63) is 57.6 Å². The van der Waals surface area contributed by atoms with Crippen molar-refractivity contribution in [1.82, 2.24) is 0 Å². The maximum atomic E-state index is 11.9. The zero-order chi connectivity index (χ0) is 16.1. The van der Waals surface area contributed by atoms with E-state index in [0.717, 1.165) is 5.69 Å². The highest BCUT2D eigenvalue weighted by atomic mass is 35.5. The van der Waals surface area contributed by atoms with Crippen LogP contribution >= 0.6 is 23.2 Å². The summed E-state index contributed by atoms with van der Waals surface area (Å²) in [6.07, 6.45) is 0.343. The number of carbonyl (C=O) groups is 1. The molecule has 0 saturated carbocycles. The standard InChI is InChI=1S/C17H18Cl2N2O/c1-11-3-5-14(9-12(11)2)20-8-7-17(22)21-16-10-13(18)4-6-15(16)19/h3-6,9-10,20H,7-8H2,1-2H3,(H,21,22). The molecule has 2 rings (SSSR count). The van der Waals surface area contributed by atoms with Crippen LogP contribution in [0.5, 0.6) is 0 Å². The molecule has 0 heterocycles. The van der Waals surface area contributed by atoms with Crippen LogP contribution in [0.4, 0.5) is 11.4 Å². The molecule has 5 heteroatoms. The van der Waals surface area contributed by atoms with Crippen molar-refractivity contribution in [3.63, 3.8) is 0 Å². The average molecular weight is 337 g/mol. The van der Waals surface area contributed by atoms with Crippen molar-refractivity contribution >= 4 is 40.5 Å². The molecule has 0 aliphatic carbocycles. The number of nitrogens with one attached hydrogen (secondary N) is 2. The van der Waals surface area contributed by atoms with Gasteiger partial charge < -0.3 is 10.6 Å². The minimum atomic E-state index is -0.111. The number of hydrogen-bond acceptors (Lipinski definition) is 2. The van der Waals surface area contributed by atoms with E-state index in [0.29, 0.717) is 28.7 Å². The van der Waals surface area contributed by atoms with Gasteiger partial charge in [-0.1, -0.05) is 29.3 Å². The number of aryl methyl sites for hydroxylation is 2. The predicted molar refractivity (Wildman–Crippen MR) is 94.1 cm³/mol. The van der Waals surface area contributed by atoms with E-state index in [2.05, 4.69) is 36.6 Å². The van der Waals surface area contributed by atoms with Crippen LogP contribution in [0.1, 0.15) is 17.5 Å². The van der Waals surface area contributed by atoms with Crippen molar-refractivity contribution in [1.29, 1.82) is 0 Å². The molecule has 0 bridgehead atoms. The molecule has 0 aliphatic heterocycles. The van der Waals surface area contributed by atoms with E-state index in [1.54, 1.807) is 18.2 Å². The Labute approximate surface area is 140 Å². The lowest BCUT2D eigenvalue weighted by Crippen LogP contribution is -2.16. The third-order valence-electron chi connectivity index (χ3n) is 3.39. The summed E-state index contributed by atoms with van der Waals surface area (Å²) in [5.41, 5.74) is 4.01. The van der Waals surface area contributed by atoms with Crippen molar-refractivity contribution in [3.8, 4) is 0 Å². The van der Waals surface area contributed by atoms with E-state index in [9.17, 15) is 4.79 Å². The SMILES string of the molecule is Cc1ccc(NCCC(=O)Nc2cc(Cl)ccc2Cl)cc1C. The lowest BCUT2D eigenvalue weighted by atomic mass is 10.1. The van der Waals surface area contributed by atoms with Crippen LogP contribution in [0.2, 0.25) is 10.0 Å². The van der Waals surface area contributed by atoms with Crippen LogP contribution in [-0.4, -0.2) is 12.5 Å². The van der Waals surface area contributed by atoms with Crippen LogP contribution < -0.4 is 10.6 Å². The number of amides is 1. The molecule has 0 spiro atoms. The third kappa shape index (κ3) is 4.65. The van der Waals surface area contributed by atoms with Gasteiger partial charge in [-0.25, -0.2) is 0 Å². The Balaban J connectivity index is 1.85. The lowest BCUT2D eigenvalue weighted by Gasteiger charge is -2.10. The van der Waals surface area contributed by atoms with Gasteiger partial charge in [-0.05, 0) is 55.3 Å². The molecule has 0 aliphatic rings. The summed E-state index contributed by atoms with van der Waals surface area (Å²) in [5.74, 6) is -0.111. The third-order valence-corrected chi connectivity index (χ3v) is 3.96. The molecule has 0 atom stereocenters. The van der Waals surface area contributed by atoms with E-state index >= 15 is 0 Å². The summed E-state index contributed by atoms with van der Waals surface area (Å²) < 4.78 is 0. The van der Waals surface area contributed by atoms with Crippen LogP contribution in [0.15, 0.2) is 36.4 Å². The van der Waals surface area contributed by atoms with Gasteiger partial charge in [-0.15, -0.1) is 0 Å². The van der Waals surface area contributed by atoms with E-state index in [4.69, 9.17) is 23.2 Å².